The van der Waals surface area contributed by atoms with Gasteiger partial charge in [-0.3, -0.25) is 0 Å². The molecule has 0 aliphatic heterocycles. The maximum Gasteiger partial charge on any atom is 0.335 e. The molecule has 0 amide bonds. The van der Waals surface area contributed by atoms with E-state index in [0.29, 0.717) is 11.5 Å². The Kier molecular flexibility index (Phi) is 10.6. The Hall–Kier alpha value is -2.13. The minimum absolute atomic E-state index is 0.291. The molecule has 0 saturated heterocycles. The van der Waals surface area contributed by atoms with Gasteiger partial charge >= 0.3 is 5.97 Å². The predicted octanol–water partition coefficient (Wildman–Crippen LogP) is 7.37. The van der Waals surface area contributed by atoms with Crippen LogP contribution < -0.4 is 0 Å². The van der Waals surface area contributed by atoms with E-state index in [0.717, 1.165) is 17.9 Å². The summed E-state index contributed by atoms with van der Waals surface area (Å²) >= 11 is 0. The summed E-state index contributed by atoms with van der Waals surface area (Å²) < 4.78 is 0. The lowest BCUT2D eigenvalue weighted by atomic mass is 9.77. The fourth-order valence-electron chi connectivity index (χ4n) is 4.28. The molecular weight excluding hydrogens is 372 g/mol. The summed E-state index contributed by atoms with van der Waals surface area (Å²) in [5, 5.41) is 18.3. The zero-order valence-corrected chi connectivity index (χ0v) is 18.6. The molecule has 2 aromatic carbocycles. The van der Waals surface area contributed by atoms with Crippen LogP contribution in [0.4, 0.5) is 0 Å². The van der Waals surface area contributed by atoms with Crippen LogP contribution in [0.3, 0.4) is 0 Å². The maximum atomic E-state index is 10.9. The minimum atomic E-state index is -0.837. The Labute approximate surface area is 182 Å². The second-order valence-electron chi connectivity index (χ2n) is 8.48. The first-order valence-electron chi connectivity index (χ1n) is 11.6. The van der Waals surface area contributed by atoms with Gasteiger partial charge in [-0.15, -0.1) is 0 Å². The molecule has 2 N–H and O–H groups in total. The molecule has 3 nitrogen and oxygen atoms in total. The van der Waals surface area contributed by atoms with Crippen molar-refractivity contribution in [2.45, 2.75) is 83.7 Å². The molecular formula is C27H38O3. The lowest BCUT2D eigenvalue weighted by Crippen LogP contribution is -2.13. The van der Waals surface area contributed by atoms with Crippen LogP contribution in [0.2, 0.25) is 0 Å². The zero-order valence-electron chi connectivity index (χ0n) is 18.6. The van der Waals surface area contributed by atoms with Crippen LogP contribution in [0.1, 0.15) is 105 Å². The third-order valence-corrected chi connectivity index (χ3v) is 6.26. The van der Waals surface area contributed by atoms with Gasteiger partial charge in [-0.1, -0.05) is 82.0 Å². The van der Waals surface area contributed by atoms with Crippen molar-refractivity contribution in [1.82, 2.24) is 0 Å². The quantitative estimate of drug-likeness (QED) is 0.447. The van der Waals surface area contributed by atoms with E-state index in [1.54, 1.807) is 12.1 Å². The third-order valence-electron chi connectivity index (χ3n) is 6.26. The molecule has 1 saturated carbocycles. The second-order valence-corrected chi connectivity index (χ2v) is 8.48. The number of carboxylic acid groups (broad SMARTS) is 1. The molecule has 1 aliphatic carbocycles. The van der Waals surface area contributed by atoms with Crippen molar-refractivity contribution in [3.8, 4) is 0 Å². The van der Waals surface area contributed by atoms with Crippen molar-refractivity contribution in [1.29, 1.82) is 0 Å². The first kappa shape index (κ1) is 24.1. The molecule has 0 spiro atoms. The number of carboxylic acids is 1. The standard InChI is InChI=1S/C18H26O2.C9H12O/c1-2-3-4-5-14-6-8-15(9-7-14)16-10-12-17(13-11-16)18(19)20;1-2-9(10)8-6-4-3-5-7-8/h10-15H,2-9H2,1H3,(H,19,20);3-7,9-10H,2H2,1H3/t;9-/m.1/s1. The highest BCUT2D eigenvalue weighted by Gasteiger charge is 2.22. The number of unbranched alkanes of at least 4 members (excludes halogenated alkanes) is 2. The van der Waals surface area contributed by atoms with Gasteiger partial charge < -0.3 is 10.2 Å². The molecule has 1 fully saturated rings. The molecule has 0 unspecified atom stereocenters. The van der Waals surface area contributed by atoms with Gasteiger partial charge in [-0.2, -0.15) is 0 Å². The lowest BCUT2D eigenvalue weighted by Gasteiger charge is -2.29. The van der Waals surface area contributed by atoms with E-state index >= 15 is 0 Å². The van der Waals surface area contributed by atoms with Gasteiger partial charge in [0.1, 0.15) is 0 Å². The lowest BCUT2D eigenvalue weighted by molar-refractivity contribution is 0.0697. The summed E-state index contributed by atoms with van der Waals surface area (Å²) in [5.41, 5.74) is 2.72. The summed E-state index contributed by atoms with van der Waals surface area (Å²) in [6.07, 6.45) is 11.2. The van der Waals surface area contributed by atoms with E-state index in [9.17, 15) is 9.90 Å². The Bertz CT molecular complexity index is 716. The van der Waals surface area contributed by atoms with E-state index < -0.39 is 5.97 Å². The van der Waals surface area contributed by atoms with Gasteiger partial charge in [-0.05, 0) is 67.2 Å². The molecule has 0 heterocycles. The number of aromatic carboxylic acids is 1. The topological polar surface area (TPSA) is 57.5 Å². The van der Waals surface area contributed by atoms with Gasteiger partial charge in [-0.25, -0.2) is 4.79 Å². The molecule has 164 valence electrons. The van der Waals surface area contributed by atoms with E-state index in [1.807, 2.05) is 49.4 Å². The largest absolute Gasteiger partial charge is 0.478 e. The summed E-state index contributed by atoms with van der Waals surface area (Å²) in [6, 6.07) is 17.2. The Morgan fingerprint density at radius 1 is 0.933 bits per heavy atom. The van der Waals surface area contributed by atoms with Gasteiger partial charge in [0.05, 0.1) is 11.7 Å². The van der Waals surface area contributed by atoms with Crippen LogP contribution >= 0.6 is 0 Å². The highest BCUT2D eigenvalue weighted by atomic mass is 16.4. The molecule has 0 bridgehead atoms. The van der Waals surface area contributed by atoms with E-state index in [-0.39, 0.29) is 6.10 Å². The number of carbonyl (C=O) groups is 1. The van der Waals surface area contributed by atoms with Gasteiger partial charge in [0, 0.05) is 0 Å². The summed E-state index contributed by atoms with van der Waals surface area (Å²) in [6.45, 7) is 4.23. The number of hydrogen-bond acceptors (Lipinski definition) is 2. The van der Waals surface area contributed by atoms with E-state index in [4.69, 9.17) is 5.11 Å². The van der Waals surface area contributed by atoms with Crippen molar-refractivity contribution in [3.63, 3.8) is 0 Å². The molecule has 0 radical (unpaired) electrons. The van der Waals surface area contributed by atoms with Crippen molar-refractivity contribution >= 4 is 5.97 Å². The highest BCUT2D eigenvalue weighted by Crippen LogP contribution is 2.37. The number of benzene rings is 2. The third kappa shape index (κ3) is 7.95. The SMILES string of the molecule is CCCCCC1CCC(c2ccc(C(=O)O)cc2)CC1.CC[C@@H](O)c1ccccc1. The molecule has 1 aliphatic rings. The average molecular weight is 411 g/mol. The van der Waals surface area contributed by atoms with E-state index in [2.05, 4.69) is 6.92 Å². The fourth-order valence-corrected chi connectivity index (χ4v) is 4.28. The first-order chi connectivity index (χ1) is 14.5. The van der Waals surface area contributed by atoms with Gasteiger partial charge in [0.2, 0.25) is 0 Å². The van der Waals surface area contributed by atoms with Crippen LogP contribution in [-0.4, -0.2) is 16.2 Å². The molecule has 1 atom stereocenters. The minimum Gasteiger partial charge on any atom is -0.478 e. The molecule has 2 aromatic rings. The number of aliphatic hydroxyl groups excluding tert-OH is 1. The van der Waals surface area contributed by atoms with Crippen molar-refractivity contribution in [2.75, 3.05) is 0 Å². The summed E-state index contributed by atoms with van der Waals surface area (Å²) in [4.78, 5) is 10.9. The fraction of sp³-hybridized carbons (Fsp3) is 0.519. The molecule has 0 aromatic heterocycles. The average Bonchev–Trinajstić information content (AvgIpc) is 2.80. The van der Waals surface area contributed by atoms with Crippen molar-refractivity contribution < 1.29 is 15.0 Å². The molecule has 3 heteroatoms. The summed E-state index contributed by atoms with van der Waals surface area (Å²) in [7, 11) is 0. The van der Waals surface area contributed by atoms with Crippen LogP contribution in [0.15, 0.2) is 54.6 Å². The normalized spacial score (nSPS) is 19.4. The molecule has 30 heavy (non-hydrogen) atoms. The van der Waals surface area contributed by atoms with Crippen LogP contribution in [0.5, 0.6) is 0 Å². The van der Waals surface area contributed by atoms with Crippen LogP contribution in [0.25, 0.3) is 0 Å². The van der Waals surface area contributed by atoms with Crippen molar-refractivity contribution in [2.24, 2.45) is 5.92 Å². The van der Waals surface area contributed by atoms with Crippen LogP contribution in [-0.2, 0) is 0 Å². The Morgan fingerprint density at radius 2 is 1.57 bits per heavy atom. The van der Waals surface area contributed by atoms with E-state index in [1.165, 1.54) is 56.9 Å². The smallest absolute Gasteiger partial charge is 0.335 e. The first-order valence-corrected chi connectivity index (χ1v) is 11.6. The Balaban J connectivity index is 0.000000269. The monoisotopic (exact) mass is 410 g/mol. The Morgan fingerprint density at radius 3 is 2.10 bits per heavy atom. The van der Waals surface area contributed by atoms with Crippen molar-refractivity contribution in [3.05, 3.63) is 71.3 Å². The maximum absolute atomic E-state index is 10.9. The summed E-state index contributed by atoms with van der Waals surface area (Å²) in [5.74, 6) is 0.729. The molecule has 3 rings (SSSR count). The highest BCUT2D eigenvalue weighted by molar-refractivity contribution is 5.87. The van der Waals surface area contributed by atoms with Crippen LogP contribution in [0, 0.1) is 5.92 Å². The predicted molar refractivity (Wildman–Crippen MR) is 124 cm³/mol. The van der Waals surface area contributed by atoms with Gasteiger partial charge in [0.25, 0.3) is 0 Å². The number of aliphatic hydroxyl groups is 1. The second kappa shape index (κ2) is 13.2. The zero-order chi connectivity index (χ0) is 21.8. The van der Waals surface area contributed by atoms with Gasteiger partial charge in [0.15, 0.2) is 0 Å². The number of hydrogen-bond donors (Lipinski definition) is 2. The number of rotatable bonds is 8.